The first kappa shape index (κ1) is 16.5. The number of carboxylic acids is 1. The van der Waals surface area contributed by atoms with Crippen molar-refractivity contribution in [2.75, 3.05) is 11.4 Å². The standard InChI is InChI=1S/C18H22N2O4/c21-15(19-18(17(23)24)10-3-4-11-18)9-12-20-14-6-2-1-5-13(14)7-8-16(20)22/h1-2,5-6H,3-4,7-12H2,(H,19,21)(H,23,24). The van der Waals surface area contributed by atoms with Gasteiger partial charge in [0.05, 0.1) is 0 Å². The highest BCUT2D eigenvalue weighted by Gasteiger charge is 2.42. The summed E-state index contributed by atoms with van der Waals surface area (Å²) in [4.78, 5) is 37.6. The van der Waals surface area contributed by atoms with Crippen LogP contribution in [0.5, 0.6) is 0 Å². The predicted octanol–water partition coefficient (Wildman–Crippen LogP) is 1.87. The van der Waals surface area contributed by atoms with Gasteiger partial charge >= 0.3 is 5.97 Å². The Hall–Kier alpha value is -2.37. The molecule has 0 bridgehead atoms. The Morgan fingerprint density at radius 1 is 1.17 bits per heavy atom. The number of carbonyl (C=O) groups excluding carboxylic acids is 2. The number of aryl methyl sites for hydroxylation is 1. The molecule has 1 saturated carbocycles. The Morgan fingerprint density at radius 3 is 2.58 bits per heavy atom. The highest BCUT2D eigenvalue weighted by Crippen LogP contribution is 2.30. The van der Waals surface area contributed by atoms with Crippen molar-refractivity contribution in [3.63, 3.8) is 0 Å². The third kappa shape index (κ3) is 3.13. The maximum atomic E-state index is 12.3. The van der Waals surface area contributed by atoms with Crippen molar-refractivity contribution >= 4 is 23.5 Å². The first-order valence-electron chi connectivity index (χ1n) is 8.44. The minimum Gasteiger partial charge on any atom is -0.480 e. The van der Waals surface area contributed by atoms with Crippen molar-refractivity contribution in [2.45, 2.75) is 50.5 Å². The normalized spacial score (nSPS) is 19.0. The van der Waals surface area contributed by atoms with Crippen LogP contribution in [-0.4, -0.2) is 35.0 Å². The smallest absolute Gasteiger partial charge is 0.329 e. The van der Waals surface area contributed by atoms with E-state index in [1.54, 1.807) is 4.90 Å². The largest absolute Gasteiger partial charge is 0.480 e. The molecule has 0 atom stereocenters. The number of anilines is 1. The van der Waals surface area contributed by atoms with E-state index in [0.717, 1.165) is 30.5 Å². The second-order valence-corrected chi connectivity index (χ2v) is 6.57. The maximum Gasteiger partial charge on any atom is 0.329 e. The average Bonchev–Trinajstić information content (AvgIpc) is 3.04. The zero-order valence-corrected chi connectivity index (χ0v) is 13.6. The number of benzene rings is 1. The highest BCUT2D eigenvalue weighted by molar-refractivity contribution is 5.97. The lowest BCUT2D eigenvalue weighted by Gasteiger charge is -2.30. The van der Waals surface area contributed by atoms with Gasteiger partial charge in [-0.2, -0.15) is 0 Å². The Balaban J connectivity index is 1.64. The summed E-state index contributed by atoms with van der Waals surface area (Å²) < 4.78 is 0. The summed E-state index contributed by atoms with van der Waals surface area (Å²) in [5.74, 6) is -1.27. The van der Waals surface area contributed by atoms with Gasteiger partial charge in [-0.1, -0.05) is 31.0 Å². The molecule has 2 amide bonds. The Kier molecular flexibility index (Phi) is 4.55. The number of hydrogen-bond acceptors (Lipinski definition) is 3. The highest BCUT2D eigenvalue weighted by atomic mass is 16.4. The van der Waals surface area contributed by atoms with E-state index in [-0.39, 0.29) is 24.8 Å². The zero-order chi connectivity index (χ0) is 17.2. The van der Waals surface area contributed by atoms with Gasteiger partial charge in [-0.05, 0) is 30.9 Å². The molecule has 1 aliphatic heterocycles. The summed E-state index contributed by atoms with van der Waals surface area (Å²) in [7, 11) is 0. The fourth-order valence-electron chi connectivity index (χ4n) is 3.66. The van der Waals surface area contributed by atoms with Crippen LogP contribution in [0.1, 0.15) is 44.1 Å². The summed E-state index contributed by atoms with van der Waals surface area (Å²) >= 11 is 0. The van der Waals surface area contributed by atoms with E-state index in [0.29, 0.717) is 19.3 Å². The third-order valence-electron chi connectivity index (χ3n) is 5.00. The van der Waals surface area contributed by atoms with Gasteiger partial charge in [0.1, 0.15) is 5.54 Å². The molecule has 1 heterocycles. The minimum absolute atomic E-state index is 0.00955. The van der Waals surface area contributed by atoms with Gasteiger partial charge in [0.2, 0.25) is 11.8 Å². The molecule has 24 heavy (non-hydrogen) atoms. The number of para-hydroxylation sites is 1. The fraction of sp³-hybridized carbons (Fsp3) is 0.500. The predicted molar refractivity (Wildman–Crippen MR) is 88.7 cm³/mol. The molecule has 0 aromatic heterocycles. The quantitative estimate of drug-likeness (QED) is 0.863. The van der Waals surface area contributed by atoms with Crippen LogP contribution in [0.15, 0.2) is 24.3 Å². The molecule has 6 nitrogen and oxygen atoms in total. The van der Waals surface area contributed by atoms with Crippen LogP contribution in [0.3, 0.4) is 0 Å². The van der Waals surface area contributed by atoms with Crippen molar-refractivity contribution in [3.05, 3.63) is 29.8 Å². The van der Waals surface area contributed by atoms with E-state index < -0.39 is 11.5 Å². The Bertz CT molecular complexity index is 665. The minimum atomic E-state index is -1.12. The van der Waals surface area contributed by atoms with Crippen LogP contribution < -0.4 is 10.2 Å². The zero-order valence-electron chi connectivity index (χ0n) is 13.6. The van der Waals surface area contributed by atoms with E-state index in [1.807, 2.05) is 24.3 Å². The number of fused-ring (bicyclic) bond motifs is 1. The molecule has 0 unspecified atom stereocenters. The second-order valence-electron chi connectivity index (χ2n) is 6.57. The molecule has 0 spiro atoms. The monoisotopic (exact) mass is 330 g/mol. The van der Waals surface area contributed by atoms with Crippen LogP contribution in [0.25, 0.3) is 0 Å². The summed E-state index contributed by atoms with van der Waals surface area (Å²) in [6.07, 6.45) is 3.83. The second kappa shape index (κ2) is 6.63. The van der Waals surface area contributed by atoms with Gasteiger partial charge in [0.15, 0.2) is 0 Å². The lowest BCUT2D eigenvalue weighted by molar-refractivity contribution is -0.147. The molecule has 1 fully saturated rings. The van der Waals surface area contributed by atoms with E-state index in [9.17, 15) is 19.5 Å². The molecule has 128 valence electrons. The van der Waals surface area contributed by atoms with E-state index >= 15 is 0 Å². The van der Waals surface area contributed by atoms with Crippen molar-refractivity contribution < 1.29 is 19.5 Å². The average molecular weight is 330 g/mol. The number of nitrogens with zero attached hydrogens (tertiary/aromatic N) is 1. The molecule has 2 N–H and O–H groups in total. The van der Waals surface area contributed by atoms with Gasteiger partial charge in [-0.3, -0.25) is 9.59 Å². The van der Waals surface area contributed by atoms with Gasteiger partial charge in [0, 0.05) is 25.1 Å². The molecule has 0 radical (unpaired) electrons. The maximum absolute atomic E-state index is 12.3. The van der Waals surface area contributed by atoms with Crippen molar-refractivity contribution in [2.24, 2.45) is 0 Å². The molecular weight excluding hydrogens is 308 g/mol. The Labute approximate surface area is 140 Å². The first-order valence-corrected chi connectivity index (χ1v) is 8.44. The molecule has 1 aromatic rings. The lowest BCUT2D eigenvalue weighted by Crippen LogP contribution is -2.53. The molecular formula is C18H22N2O4. The fourth-order valence-corrected chi connectivity index (χ4v) is 3.66. The topological polar surface area (TPSA) is 86.7 Å². The number of hydrogen-bond donors (Lipinski definition) is 2. The summed E-state index contributed by atoms with van der Waals surface area (Å²) in [6.45, 7) is 0.275. The van der Waals surface area contributed by atoms with Gasteiger partial charge in [-0.15, -0.1) is 0 Å². The SMILES string of the molecule is O=C(CCN1C(=O)CCc2ccccc21)NC1(C(=O)O)CCCC1. The molecule has 6 heteroatoms. The third-order valence-corrected chi connectivity index (χ3v) is 5.00. The number of carboxylic acid groups (broad SMARTS) is 1. The van der Waals surface area contributed by atoms with Gasteiger partial charge in [0.25, 0.3) is 0 Å². The first-order chi connectivity index (χ1) is 11.5. The molecule has 3 rings (SSSR count). The summed E-state index contributed by atoms with van der Waals surface area (Å²) in [5.41, 5.74) is 0.839. The lowest BCUT2D eigenvalue weighted by atomic mass is 9.97. The number of nitrogens with one attached hydrogen (secondary N) is 1. The molecule has 0 saturated heterocycles. The molecule has 2 aliphatic rings. The number of amides is 2. The number of carbonyl (C=O) groups is 3. The van der Waals surface area contributed by atoms with Gasteiger partial charge < -0.3 is 15.3 Å². The van der Waals surface area contributed by atoms with Crippen LogP contribution in [-0.2, 0) is 20.8 Å². The summed E-state index contributed by atoms with van der Waals surface area (Å²) in [6, 6.07) is 7.70. The molecule has 1 aliphatic carbocycles. The number of aliphatic carboxylic acids is 1. The Morgan fingerprint density at radius 2 is 1.88 bits per heavy atom. The van der Waals surface area contributed by atoms with E-state index in [4.69, 9.17) is 0 Å². The van der Waals surface area contributed by atoms with Crippen LogP contribution >= 0.6 is 0 Å². The summed E-state index contributed by atoms with van der Waals surface area (Å²) in [5, 5.41) is 12.1. The van der Waals surface area contributed by atoms with Crippen LogP contribution in [0.4, 0.5) is 5.69 Å². The number of rotatable bonds is 5. The van der Waals surface area contributed by atoms with E-state index in [2.05, 4.69) is 5.32 Å². The van der Waals surface area contributed by atoms with Crippen LogP contribution in [0, 0.1) is 0 Å². The van der Waals surface area contributed by atoms with Crippen molar-refractivity contribution in [3.8, 4) is 0 Å². The van der Waals surface area contributed by atoms with E-state index in [1.165, 1.54) is 0 Å². The van der Waals surface area contributed by atoms with Crippen LogP contribution in [0.2, 0.25) is 0 Å². The van der Waals surface area contributed by atoms with Crippen molar-refractivity contribution in [1.82, 2.24) is 5.32 Å². The molecule has 1 aromatic carbocycles. The van der Waals surface area contributed by atoms with Crippen molar-refractivity contribution in [1.29, 1.82) is 0 Å². The van der Waals surface area contributed by atoms with Gasteiger partial charge in [-0.25, -0.2) is 4.79 Å².